The third kappa shape index (κ3) is 2.35. The maximum Gasteiger partial charge on any atom is 0.258 e. The van der Waals surface area contributed by atoms with Crippen LogP contribution in [0.2, 0.25) is 0 Å². The van der Waals surface area contributed by atoms with Crippen molar-refractivity contribution < 1.29 is 4.79 Å². The quantitative estimate of drug-likeness (QED) is 0.343. The molecule has 62 valence electrons. The van der Waals surface area contributed by atoms with E-state index in [0.717, 1.165) is 0 Å². The van der Waals surface area contributed by atoms with Crippen LogP contribution in [-0.2, 0) is 4.79 Å². The van der Waals surface area contributed by atoms with Gasteiger partial charge in [-0.15, -0.1) is 0 Å². The number of rotatable bonds is 2. The summed E-state index contributed by atoms with van der Waals surface area (Å²) < 4.78 is 0. The Labute approximate surface area is 67.1 Å². The highest BCUT2D eigenvalue weighted by Gasteiger charge is 2.16. The summed E-state index contributed by atoms with van der Waals surface area (Å²) in [5, 5.41) is 5.32. The summed E-state index contributed by atoms with van der Waals surface area (Å²) in [7, 11) is 1.85. The van der Waals surface area contributed by atoms with Crippen LogP contribution < -0.4 is 0 Å². The van der Waals surface area contributed by atoms with Gasteiger partial charge in [-0.05, 0) is 12.8 Å². The second-order valence-electron chi connectivity index (χ2n) is 3.06. The Balaban J connectivity index is 2.38. The zero-order chi connectivity index (χ0) is 8.10. The highest BCUT2D eigenvalue weighted by Crippen LogP contribution is 2.21. The van der Waals surface area contributed by atoms with Crippen molar-refractivity contribution in [3.63, 3.8) is 0 Å². The molecule has 0 aliphatic heterocycles. The lowest BCUT2D eigenvalue weighted by atomic mass is 9.95. The predicted octanol–water partition coefficient (Wildman–Crippen LogP) is 1.50. The predicted molar refractivity (Wildman–Crippen MR) is 42.8 cm³/mol. The van der Waals surface area contributed by atoms with Crippen LogP contribution in [0.15, 0.2) is 5.10 Å². The largest absolute Gasteiger partial charge is 0.286 e. The smallest absolute Gasteiger partial charge is 0.258 e. The zero-order valence-electron chi connectivity index (χ0n) is 6.92. The maximum absolute atomic E-state index is 9.92. The van der Waals surface area contributed by atoms with Crippen LogP contribution in [0.4, 0.5) is 0 Å². The first-order chi connectivity index (χ1) is 5.34. The molecule has 0 aromatic rings. The lowest BCUT2D eigenvalue weighted by Crippen LogP contribution is -2.28. The Morgan fingerprint density at radius 2 is 2.00 bits per heavy atom. The van der Waals surface area contributed by atoms with Crippen molar-refractivity contribution in [2.75, 3.05) is 7.05 Å². The highest BCUT2D eigenvalue weighted by molar-refractivity contribution is 5.32. The summed E-state index contributed by atoms with van der Waals surface area (Å²) in [6.45, 7) is 0. The first-order valence-electron chi connectivity index (χ1n) is 4.15. The summed E-state index contributed by atoms with van der Waals surface area (Å²) in [6, 6.07) is 0.477. The van der Waals surface area contributed by atoms with Gasteiger partial charge in [-0.3, -0.25) is 5.01 Å². The minimum absolute atomic E-state index is 0.477. The second-order valence-corrected chi connectivity index (χ2v) is 3.06. The number of isocyanates is 1. The van der Waals surface area contributed by atoms with E-state index in [1.54, 1.807) is 11.1 Å². The van der Waals surface area contributed by atoms with Gasteiger partial charge >= 0.3 is 0 Å². The third-order valence-electron chi connectivity index (χ3n) is 2.30. The summed E-state index contributed by atoms with van der Waals surface area (Å²) in [6.07, 6.45) is 7.77. The number of hydrazone groups is 1. The SMILES string of the molecule is CN(N=C=O)C1CCCCC1. The molecule has 0 heterocycles. The molecule has 3 heteroatoms. The van der Waals surface area contributed by atoms with Gasteiger partial charge in [0.25, 0.3) is 6.08 Å². The van der Waals surface area contributed by atoms with Crippen LogP contribution in [0.25, 0.3) is 0 Å². The Bertz CT molecular complexity index is 157. The van der Waals surface area contributed by atoms with E-state index in [9.17, 15) is 4.79 Å². The normalized spacial score (nSPS) is 19.0. The molecule has 1 aliphatic rings. The van der Waals surface area contributed by atoms with Gasteiger partial charge in [0.05, 0.1) is 0 Å². The second kappa shape index (κ2) is 4.14. The molecule has 0 unspecified atom stereocenters. The molecule has 1 fully saturated rings. The van der Waals surface area contributed by atoms with Crippen LogP contribution in [0.3, 0.4) is 0 Å². The summed E-state index contributed by atoms with van der Waals surface area (Å²) in [4.78, 5) is 9.92. The molecule has 0 bridgehead atoms. The monoisotopic (exact) mass is 154 g/mol. The van der Waals surface area contributed by atoms with Crippen molar-refractivity contribution in [3.8, 4) is 0 Å². The molecular weight excluding hydrogens is 140 g/mol. The molecule has 1 aliphatic carbocycles. The van der Waals surface area contributed by atoms with E-state index in [1.165, 1.54) is 32.1 Å². The van der Waals surface area contributed by atoms with Gasteiger partial charge in [-0.1, -0.05) is 24.4 Å². The molecule has 0 atom stereocenters. The molecular formula is C8H14N2O. The zero-order valence-corrected chi connectivity index (χ0v) is 6.92. The van der Waals surface area contributed by atoms with Crippen molar-refractivity contribution in [1.29, 1.82) is 0 Å². The van der Waals surface area contributed by atoms with Gasteiger partial charge < -0.3 is 0 Å². The van der Waals surface area contributed by atoms with Crippen LogP contribution in [0, 0.1) is 0 Å². The standard InChI is InChI=1S/C8H14N2O/c1-10(9-7-11)8-5-3-2-4-6-8/h8H,2-6H2,1H3. The Morgan fingerprint density at radius 1 is 1.36 bits per heavy atom. The number of carbonyl (C=O) groups excluding carboxylic acids is 1. The first-order valence-corrected chi connectivity index (χ1v) is 4.15. The van der Waals surface area contributed by atoms with E-state index in [2.05, 4.69) is 5.10 Å². The molecule has 11 heavy (non-hydrogen) atoms. The van der Waals surface area contributed by atoms with Crippen molar-refractivity contribution >= 4 is 6.08 Å². The first kappa shape index (κ1) is 8.28. The fourth-order valence-corrected chi connectivity index (χ4v) is 1.60. The van der Waals surface area contributed by atoms with Gasteiger partial charge in [-0.25, -0.2) is 4.79 Å². The molecule has 0 N–H and O–H groups in total. The van der Waals surface area contributed by atoms with Gasteiger partial charge in [0.15, 0.2) is 0 Å². The minimum Gasteiger partial charge on any atom is -0.286 e. The minimum atomic E-state index is 0.477. The Hall–Kier alpha value is -0.820. The number of hydrogen-bond acceptors (Lipinski definition) is 3. The van der Waals surface area contributed by atoms with Crippen LogP contribution >= 0.6 is 0 Å². The summed E-state index contributed by atoms with van der Waals surface area (Å²) >= 11 is 0. The fraction of sp³-hybridized carbons (Fsp3) is 0.875. The van der Waals surface area contributed by atoms with Gasteiger partial charge in [0.1, 0.15) is 0 Å². The van der Waals surface area contributed by atoms with Crippen LogP contribution in [-0.4, -0.2) is 24.2 Å². The van der Waals surface area contributed by atoms with Crippen molar-refractivity contribution in [3.05, 3.63) is 0 Å². The average Bonchev–Trinajstić information content (AvgIpc) is 2.07. The molecule has 0 aromatic carbocycles. The fourth-order valence-electron chi connectivity index (χ4n) is 1.60. The van der Waals surface area contributed by atoms with Crippen molar-refractivity contribution in [2.24, 2.45) is 5.10 Å². The summed E-state index contributed by atoms with van der Waals surface area (Å²) in [5.41, 5.74) is 0. The molecule has 0 radical (unpaired) electrons. The van der Waals surface area contributed by atoms with Gasteiger partial charge in [0, 0.05) is 13.1 Å². The Kier molecular flexibility index (Phi) is 3.12. The Morgan fingerprint density at radius 3 is 2.55 bits per heavy atom. The lowest BCUT2D eigenvalue weighted by Gasteiger charge is -2.27. The third-order valence-corrected chi connectivity index (χ3v) is 2.30. The maximum atomic E-state index is 9.92. The number of hydrogen-bond donors (Lipinski definition) is 0. The number of nitrogens with zero attached hydrogens (tertiary/aromatic N) is 2. The highest BCUT2D eigenvalue weighted by atomic mass is 16.1. The van der Waals surface area contributed by atoms with E-state index in [0.29, 0.717) is 6.04 Å². The molecule has 1 rings (SSSR count). The molecule has 0 saturated heterocycles. The van der Waals surface area contributed by atoms with E-state index in [-0.39, 0.29) is 0 Å². The van der Waals surface area contributed by atoms with E-state index < -0.39 is 0 Å². The van der Waals surface area contributed by atoms with E-state index in [1.807, 2.05) is 7.05 Å². The molecule has 3 nitrogen and oxygen atoms in total. The molecule has 0 amide bonds. The summed E-state index contributed by atoms with van der Waals surface area (Å²) in [5.74, 6) is 0. The molecule has 1 saturated carbocycles. The topological polar surface area (TPSA) is 32.7 Å². The van der Waals surface area contributed by atoms with E-state index in [4.69, 9.17) is 0 Å². The lowest BCUT2D eigenvalue weighted by molar-refractivity contribution is 0.198. The van der Waals surface area contributed by atoms with E-state index >= 15 is 0 Å². The van der Waals surface area contributed by atoms with Crippen LogP contribution in [0.1, 0.15) is 32.1 Å². The van der Waals surface area contributed by atoms with Gasteiger partial charge in [-0.2, -0.15) is 0 Å². The van der Waals surface area contributed by atoms with Crippen LogP contribution in [0.5, 0.6) is 0 Å². The van der Waals surface area contributed by atoms with Crippen molar-refractivity contribution in [1.82, 2.24) is 5.01 Å². The average molecular weight is 154 g/mol. The van der Waals surface area contributed by atoms with Crippen molar-refractivity contribution in [2.45, 2.75) is 38.1 Å². The molecule has 0 spiro atoms. The van der Waals surface area contributed by atoms with Gasteiger partial charge in [0.2, 0.25) is 0 Å². The molecule has 0 aromatic heterocycles.